The van der Waals surface area contributed by atoms with Crippen molar-refractivity contribution in [2.75, 3.05) is 6.54 Å². The molecule has 0 bridgehead atoms. The quantitative estimate of drug-likeness (QED) is 0.365. The Hall–Kier alpha value is -1.43. The van der Waals surface area contributed by atoms with Gasteiger partial charge in [-0.3, -0.25) is 4.68 Å². The van der Waals surface area contributed by atoms with E-state index in [1.807, 2.05) is 19.2 Å². The van der Waals surface area contributed by atoms with Crippen molar-refractivity contribution in [2.24, 2.45) is 7.05 Å². The molecule has 0 spiro atoms. The molecule has 2 N–H and O–H groups in total. The van der Waals surface area contributed by atoms with Crippen LogP contribution in [0.15, 0.2) is 53.4 Å². The normalized spacial score (nSPS) is 22.8. The molecular weight excluding hydrogens is 510 g/mol. The minimum Gasteiger partial charge on any atom is -0.381 e. The molecule has 1 saturated heterocycles. The van der Waals surface area contributed by atoms with Crippen molar-refractivity contribution in [3.8, 4) is 0 Å². The number of aromatic nitrogens is 2. The van der Waals surface area contributed by atoms with Gasteiger partial charge in [0.1, 0.15) is 0 Å². The smallest absolute Gasteiger partial charge is 0.0877 e. The van der Waals surface area contributed by atoms with Crippen LogP contribution in [0.5, 0.6) is 0 Å². The van der Waals surface area contributed by atoms with E-state index in [-0.39, 0.29) is 12.0 Å². The molecule has 1 aromatic heterocycles. The maximum Gasteiger partial charge on any atom is 0.0877 e. The summed E-state index contributed by atoms with van der Waals surface area (Å²) in [6.07, 6.45) is 8.91. The van der Waals surface area contributed by atoms with Crippen LogP contribution in [0.2, 0.25) is 15.1 Å². The molecule has 8 heteroatoms. The highest BCUT2D eigenvalue weighted by molar-refractivity contribution is 6.42. The second kappa shape index (κ2) is 11.1. The number of hydrogen-bond acceptors (Lipinski definition) is 3. The summed E-state index contributed by atoms with van der Waals surface area (Å²) in [4.78, 5) is 0. The van der Waals surface area contributed by atoms with Gasteiger partial charge in [-0.15, -0.1) is 0 Å². The van der Waals surface area contributed by atoms with Crippen LogP contribution in [0.3, 0.4) is 0 Å². The summed E-state index contributed by atoms with van der Waals surface area (Å²) in [6, 6.07) is 6.62. The number of allylic oxidation sites excluding steroid dienone is 4. The average Bonchev–Trinajstić information content (AvgIpc) is 3.35. The highest BCUT2D eigenvalue weighted by Gasteiger charge is 2.32. The van der Waals surface area contributed by atoms with Crippen LogP contribution < -0.4 is 10.6 Å². The van der Waals surface area contributed by atoms with Crippen molar-refractivity contribution in [3.05, 3.63) is 79.7 Å². The number of benzene rings is 1. The van der Waals surface area contributed by atoms with E-state index >= 15 is 0 Å². The standard InChI is InChI=1S/C26H30Cl4N4/c1-4-5-6-18-12-19(16-7-8-21(27)23(29)10-16)25(14-31-18)33-15(2)17-9-20(22(28)11-17)26-24(30)13-32-34(26)3/h7-10,13,18-19,25,31,33H,2,4-6,11-12,14H2,1,3H3/t18?,19-,25?/m0/s1. The van der Waals surface area contributed by atoms with Crippen LogP contribution in [0.25, 0.3) is 5.57 Å². The third-order valence-electron chi connectivity index (χ3n) is 6.78. The molecule has 1 fully saturated rings. The second-order valence-corrected chi connectivity index (χ2v) is 10.8. The Kier molecular flexibility index (Phi) is 8.37. The van der Waals surface area contributed by atoms with Crippen molar-refractivity contribution >= 4 is 52.0 Å². The van der Waals surface area contributed by atoms with Gasteiger partial charge in [-0.25, -0.2) is 0 Å². The van der Waals surface area contributed by atoms with Gasteiger partial charge in [0.25, 0.3) is 0 Å². The fourth-order valence-corrected chi connectivity index (χ4v) is 5.77. The molecule has 1 aromatic carbocycles. The first-order valence-corrected chi connectivity index (χ1v) is 13.2. The predicted molar refractivity (Wildman–Crippen MR) is 145 cm³/mol. The van der Waals surface area contributed by atoms with Gasteiger partial charge >= 0.3 is 0 Å². The van der Waals surface area contributed by atoms with E-state index in [0.717, 1.165) is 40.5 Å². The van der Waals surface area contributed by atoms with Crippen LogP contribution in [-0.4, -0.2) is 28.4 Å². The molecule has 1 aliphatic heterocycles. The van der Waals surface area contributed by atoms with Gasteiger partial charge in [-0.05, 0) is 42.2 Å². The first-order chi connectivity index (χ1) is 16.3. The summed E-state index contributed by atoms with van der Waals surface area (Å²) < 4.78 is 1.75. The van der Waals surface area contributed by atoms with E-state index in [9.17, 15) is 0 Å². The van der Waals surface area contributed by atoms with Crippen LogP contribution in [0.1, 0.15) is 56.2 Å². The van der Waals surface area contributed by atoms with Gasteiger partial charge in [0, 0.05) is 54.3 Å². The molecule has 1 aliphatic carbocycles. The average molecular weight is 540 g/mol. The summed E-state index contributed by atoms with van der Waals surface area (Å²) in [5.41, 5.74) is 4.84. The highest BCUT2D eigenvalue weighted by Crippen LogP contribution is 2.40. The largest absolute Gasteiger partial charge is 0.381 e. The van der Waals surface area contributed by atoms with Gasteiger partial charge in [0.2, 0.25) is 0 Å². The lowest BCUT2D eigenvalue weighted by molar-refractivity contribution is 0.287. The second-order valence-electron chi connectivity index (χ2n) is 9.12. The zero-order valence-corrected chi connectivity index (χ0v) is 22.5. The monoisotopic (exact) mass is 538 g/mol. The van der Waals surface area contributed by atoms with Crippen molar-refractivity contribution in [1.82, 2.24) is 20.4 Å². The molecule has 0 amide bonds. The molecule has 4 nitrogen and oxygen atoms in total. The molecule has 0 radical (unpaired) electrons. The summed E-state index contributed by atoms with van der Waals surface area (Å²) in [6.45, 7) is 7.43. The molecule has 2 aliphatic rings. The van der Waals surface area contributed by atoms with Crippen LogP contribution in [-0.2, 0) is 7.05 Å². The third kappa shape index (κ3) is 5.52. The SMILES string of the molecule is C=C(NC1CNC(CCCC)C[C@H]1c1ccc(Cl)c(Cl)c1)C1=CC(c2c(Cl)cnn2C)=C(Cl)C1. The minimum absolute atomic E-state index is 0.159. The van der Waals surface area contributed by atoms with E-state index < -0.39 is 0 Å². The number of nitrogens with one attached hydrogen (secondary N) is 2. The molecule has 2 heterocycles. The summed E-state index contributed by atoms with van der Waals surface area (Å²) in [7, 11) is 1.86. The first kappa shape index (κ1) is 25.7. The number of aryl methyl sites for hydroxylation is 1. The zero-order valence-electron chi connectivity index (χ0n) is 19.5. The molecule has 4 rings (SSSR count). The Bertz CT molecular complexity index is 1110. The highest BCUT2D eigenvalue weighted by atomic mass is 35.5. The molecule has 182 valence electrons. The molecule has 34 heavy (non-hydrogen) atoms. The molecule has 0 saturated carbocycles. The van der Waals surface area contributed by atoms with Gasteiger partial charge < -0.3 is 10.6 Å². The molecule has 2 aromatic rings. The number of hydrogen-bond donors (Lipinski definition) is 2. The van der Waals surface area contributed by atoms with E-state index in [4.69, 9.17) is 46.4 Å². The molecule has 3 atom stereocenters. The lowest BCUT2D eigenvalue weighted by Gasteiger charge is -2.39. The fraction of sp³-hybridized carbons (Fsp3) is 0.423. The first-order valence-electron chi connectivity index (χ1n) is 11.7. The number of unbranched alkanes of at least 4 members (excludes halogenated alkanes) is 1. The van der Waals surface area contributed by atoms with Crippen LogP contribution >= 0.6 is 46.4 Å². The number of nitrogens with zero attached hydrogens (tertiary/aromatic N) is 2. The van der Waals surface area contributed by atoms with Gasteiger partial charge in [0.05, 0.1) is 27.0 Å². The topological polar surface area (TPSA) is 41.9 Å². The van der Waals surface area contributed by atoms with Crippen molar-refractivity contribution in [2.45, 2.75) is 57.0 Å². The van der Waals surface area contributed by atoms with E-state index in [1.54, 1.807) is 10.9 Å². The van der Waals surface area contributed by atoms with Gasteiger partial charge in [0.15, 0.2) is 0 Å². The lowest BCUT2D eigenvalue weighted by atomic mass is 9.81. The number of rotatable bonds is 8. The van der Waals surface area contributed by atoms with Gasteiger partial charge in [-0.1, -0.05) is 78.8 Å². The van der Waals surface area contributed by atoms with Crippen LogP contribution in [0, 0.1) is 0 Å². The fourth-order valence-electron chi connectivity index (χ4n) is 4.91. The Morgan fingerprint density at radius 3 is 2.68 bits per heavy atom. The Morgan fingerprint density at radius 1 is 1.21 bits per heavy atom. The predicted octanol–water partition coefficient (Wildman–Crippen LogP) is 7.47. The van der Waals surface area contributed by atoms with Gasteiger partial charge in [-0.2, -0.15) is 5.10 Å². The van der Waals surface area contributed by atoms with Crippen LogP contribution in [0.4, 0.5) is 0 Å². The lowest BCUT2D eigenvalue weighted by Crippen LogP contribution is -2.51. The van der Waals surface area contributed by atoms with E-state index in [1.165, 1.54) is 24.8 Å². The Morgan fingerprint density at radius 2 is 2.00 bits per heavy atom. The van der Waals surface area contributed by atoms with E-state index in [0.29, 0.717) is 27.5 Å². The number of piperidine rings is 1. The molecular formula is C26H30Cl4N4. The maximum absolute atomic E-state index is 6.64. The summed E-state index contributed by atoms with van der Waals surface area (Å²) in [5, 5.41) is 14.2. The third-order valence-corrected chi connectivity index (χ3v) is 8.13. The van der Waals surface area contributed by atoms with Crippen molar-refractivity contribution in [3.63, 3.8) is 0 Å². The Labute approximate surface area is 222 Å². The van der Waals surface area contributed by atoms with E-state index in [2.05, 4.69) is 41.4 Å². The zero-order chi connectivity index (χ0) is 24.4. The molecule has 2 unspecified atom stereocenters. The van der Waals surface area contributed by atoms with Crippen molar-refractivity contribution in [1.29, 1.82) is 0 Å². The Balaban J connectivity index is 1.53. The van der Waals surface area contributed by atoms with Crippen molar-refractivity contribution < 1.29 is 0 Å². The summed E-state index contributed by atoms with van der Waals surface area (Å²) >= 11 is 25.6. The number of halogens is 4. The summed E-state index contributed by atoms with van der Waals surface area (Å²) in [5.74, 6) is 0.283. The maximum atomic E-state index is 6.64. The minimum atomic E-state index is 0.159.